The van der Waals surface area contributed by atoms with Crippen LogP contribution in [-0.4, -0.2) is 44.3 Å². The number of hydrogen-bond acceptors (Lipinski definition) is 4. The van der Waals surface area contributed by atoms with E-state index in [0.717, 1.165) is 21.0 Å². The van der Waals surface area contributed by atoms with E-state index in [1.54, 1.807) is 48.5 Å². The molecule has 0 bridgehead atoms. The Labute approximate surface area is 255 Å². The molecule has 0 fully saturated rings. The van der Waals surface area contributed by atoms with Gasteiger partial charge in [-0.15, -0.1) is 0 Å². The monoisotopic (exact) mass is 597 g/mol. The molecular weight excluding hydrogens is 558 g/mol. The Morgan fingerprint density at radius 1 is 0.767 bits per heavy atom. The molecule has 4 rings (SSSR count). The number of aryl methyl sites for hydroxylation is 1. The van der Waals surface area contributed by atoms with Crippen LogP contribution < -0.4 is 9.62 Å². The molecule has 0 aliphatic carbocycles. The number of hydrogen-bond donors (Lipinski definition) is 1. The second-order valence-corrected chi connectivity index (χ2v) is 12.9. The van der Waals surface area contributed by atoms with Gasteiger partial charge in [-0.05, 0) is 48.2 Å². The predicted molar refractivity (Wildman–Crippen MR) is 171 cm³/mol. The lowest BCUT2D eigenvalue weighted by atomic mass is 10.0. The molecule has 224 valence electrons. The third-order valence-electron chi connectivity index (χ3n) is 7.05. The summed E-state index contributed by atoms with van der Waals surface area (Å²) in [6, 6.07) is 33.1. The summed E-state index contributed by atoms with van der Waals surface area (Å²) in [5.41, 5.74) is 3.12. The van der Waals surface area contributed by atoms with E-state index in [2.05, 4.69) is 5.32 Å². The number of rotatable bonds is 13. The number of nitrogens with zero attached hydrogens (tertiary/aromatic N) is 2. The fraction of sp³-hybridized carbons (Fsp3) is 0.257. The van der Waals surface area contributed by atoms with Gasteiger partial charge < -0.3 is 10.2 Å². The van der Waals surface area contributed by atoms with Crippen LogP contribution in [0.25, 0.3) is 0 Å². The molecule has 0 spiro atoms. The van der Waals surface area contributed by atoms with Gasteiger partial charge in [0.1, 0.15) is 12.6 Å². The molecule has 4 aromatic rings. The zero-order valence-electron chi connectivity index (χ0n) is 24.9. The van der Waals surface area contributed by atoms with Crippen molar-refractivity contribution in [3.8, 4) is 0 Å². The fourth-order valence-electron chi connectivity index (χ4n) is 4.83. The summed E-state index contributed by atoms with van der Waals surface area (Å²) < 4.78 is 29.0. The molecule has 0 saturated carbocycles. The van der Waals surface area contributed by atoms with Gasteiger partial charge in [0.05, 0.1) is 10.6 Å². The highest BCUT2D eigenvalue weighted by atomic mass is 32.2. The zero-order chi connectivity index (χ0) is 30.8. The molecule has 7 nitrogen and oxygen atoms in total. The first-order chi connectivity index (χ1) is 20.6. The number of carbonyl (C=O) groups excluding carboxylic acids is 2. The van der Waals surface area contributed by atoms with Crippen LogP contribution in [0, 0.1) is 12.8 Å². The fourth-order valence-corrected chi connectivity index (χ4v) is 6.26. The molecule has 1 atom stereocenters. The van der Waals surface area contributed by atoms with Crippen molar-refractivity contribution in [2.75, 3.05) is 17.4 Å². The van der Waals surface area contributed by atoms with Crippen molar-refractivity contribution in [1.29, 1.82) is 0 Å². The Bertz CT molecular complexity index is 1590. The van der Waals surface area contributed by atoms with E-state index in [9.17, 15) is 18.0 Å². The average molecular weight is 598 g/mol. The highest BCUT2D eigenvalue weighted by molar-refractivity contribution is 7.92. The maximum Gasteiger partial charge on any atom is 0.264 e. The molecule has 0 saturated heterocycles. The first-order valence-corrected chi connectivity index (χ1v) is 15.9. The van der Waals surface area contributed by atoms with Crippen LogP contribution in [0.15, 0.2) is 120 Å². The summed E-state index contributed by atoms with van der Waals surface area (Å²) in [5, 5.41) is 3.01. The van der Waals surface area contributed by atoms with Crippen molar-refractivity contribution < 1.29 is 18.0 Å². The van der Waals surface area contributed by atoms with Gasteiger partial charge in [-0.3, -0.25) is 13.9 Å². The number of benzene rings is 4. The van der Waals surface area contributed by atoms with E-state index in [-0.39, 0.29) is 29.7 Å². The third kappa shape index (κ3) is 8.55. The van der Waals surface area contributed by atoms with E-state index in [1.807, 2.05) is 75.4 Å². The Balaban J connectivity index is 1.77. The van der Waals surface area contributed by atoms with Crippen molar-refractivity contribution in [1.82, 2.24) is 10.2 Å². The van der Waals surface area contributed by atoms with Gasteiger partial charge in [-0.2, -0.15) is 0 Å². The van der Waals surface area contributed by atoms with Gasteiger partial charge in [0.2, 0.25) is 11.8 Å². The van der Waals surface area contributed by atoms with Crippen LogP contribution >= 0.6 is 0 Å². The van der Waals surface area contributed by atoms with Crippen molar-refractivity contribution in [2.24, 2.45) is 5.92 Å². The third-order valence-corrected chi connectivity index (χ3v) is 8.83. The number of carbonyl (C=O) groups is 2. The molecule has 2 amide bonds. The van der Waals surface area contributed by atoms with Gasteiger partial charge in [0.25, 0.3) is 10.0 Å². The van der Waals surface area contributed by atoms with E-state index < -0.39 is 28.5 Å². The summed E-state index contributed by atoms with van der Waals surface area (Å²) in [5.74, 6) is -0.548. The maximum absolute atomic E-state index is 14.4. The molecule has 0 unspecified atom stereocenters. The van der Waals surface area contributed by atoms with Gasteiger partial charge in [0.15, 0.2) is 0 Å². The van der Waals surface area contributed by atoms with E-state index >= 15 is 0 Å². The summed E-state index contributed by atoms with van der Waals surface area (Å²) >= 11 is 0. The largest absolute Gasteiger partial charge is 0.354 e. The zero-order valence-corrected chi connectivity index (χ0v) is 25.7. The predicted octanol–water partition coefficient (Wildman–Crippen LogP) is 5.60. The number of sulfonamides is 1. The molecule has 43 heavy (non-hydrogen) atoms. The maximum atomic E-state index is 14.4. The Morgan fingerprint density at radius 3 is 1.95 bits per heavy atom. The minimum atomic E-state index is -4.10. The number of anilines is 1. The van der Waals surface area contributed by atoms with Crippen LogP contribution in [0.4, 0.5) is 5.69 Å². The molecule has 8 heteroatoms. The lowest BCUT2D eigenvalue weighted by Gasteiger charge is -2.34. The lowest BCUT2D eigenvalue weighted by molar-refractivity contribution is -0.140. The standard InChI is InChI=1S/C35H39N3O4S/c1-27(2)24-36-35(40)33(23-29-15-7-4-8-16-29)37(25-30-17-13-14-28(3)22-30)34(39)26-38(31-18-9-5-10-19-31)43(41,42)32-20-11-6-12-21-32/h4-22,27,33H,23-26H2,1-3H3,(H,36,40)/t33-/m1/s1. The molecular formula is C35H39N3O4S. The summed E-state index contributed by atoms with van der Waals surface area (Å²) in [6.45, 7) is 6.10. The van der Waals surface area contributed by atoms with Crippen molar-refractivity contribution in [2.45, 2.75) is 44.7 Å². The van der Waals surface area contributed by atoms with E-state index in [1.165, 1.54) is 17.0 Å². The quantitative estimate of drug-likeness (QED) is 0.217. The molecule has 0 heterocycles. The second-order valence-electron chi connectivity index (χ2n) is 11.0. The highest BCUT2D eigenvalue weighted by Gasteiger charge is 2.34. The van der Waals surface area contributed by atoms with Crippen LogP contribution in [-0.2, 0) is 32.6 Å². The van der Waals surface area contributed by atoms with Crippen molar-refractivity contribution >= 4 is 27.5 Å². The van der Waals surface area contributed by atoms with Crippen molar-refractivity contribution in [3.05, 3.63) is 132 Å². The number of nitrogens with one attached hydrogen (secondary N) is 1. The molecule has 0 aromatic heterocycles. The minimum Gasteiger partial charge on any atom is -0.354 e. The smallest absolute Gasteiger partial charge is 0.264 e. The highest BCUT2D eigenvalue weighted by Crippen LogP contribution is 2.25. The Hall–Kier alpha value is -4.43. The van der Waals surface area contributed by atoms with E-state index in [4.69, 9.17) is 0 Å². The molecule has 0 aliphatic heterocycles. The van der Waals surface area contributed by atoms with Crippen LogP contribution in [0.3, 0.4) is 0 Å². The summed E-state index contributed by atoms with van der Waals surface area (Å²) in [4.78, 5) is 29.8. The molecule has 0 radical (unpaired) electrons. The summed E-state index contributed by atoms with van der Waals surface area (Å²) in [7, 11) is -4.10. The molecule has 1 N–H and O–H groups in total. The topological polar surface area (TPSA) is 86.8 Å². The van der Waals surface area contributed by atoms with Gasteiger partial charge >= 0.3 is 0 Å². The lowest BCUT2D eigenvalue weighted by Crippen LogP contribution is -2.53. The normalized spacial score (nSPS) is 12.0. The number of para-hydroxylation sites is 1. The van der Waals surface area contributed by atoms with E-state index in [0.29, 0.717) is 12.2 Å². The van der Waals surface area contributed by atoms with Crippen LogP contribution in [0.1, 0.15) is 30.5 Å². The van der Waals surface area contributed by atoms with Gasteiger partial charge in [-0.25, -0.2) is 8.42 Å². The first-order valence-electron chi connectivity index (χ1n) is 14.4. The molecule has 4 aromatic carbocycles. The Morgan fingerprint density at radius 2 is 1.35 bits per heavy atom. The molecule has 0 aliphatic rings. The van der Waals surface area contributed by atoms with Crippen molar-refractivity contribution in [3.63, 3.8) is 0 Å². The van der Waals surface area contributed by atoms with Gasteiger partial charge in [0, 0.05) is 19.5 Å². The SMILES string of the molecule is Cc1cccc(CN(C(=O)CN(c2ccccc2)S(=O)(=O)c2ccccc2)[C@H](Cc2ccccc2)C(=O)NCC(C)C)c1. The summed E-state index contributed by atoms with van der Waals surface area (Å²) in [6.07, 6.45) is 0.277. The number of amides is 2. The first kappa shape index (κ1) is 31.5. The van der Waals surface area contributed by atoms with Crippen LogP contribution in [0.2, 0.25) is 0 Å². The minimum absolute atomic E-state index is 0.0763. The van der Waals surface area contributed by atoms with Crippen LogP contribution in [0.5, 0.6) is 0 Å². The second kappa shape index (κ2) is 14.6. The Kier molecular flexibility index (Phi) is 10.7. The average Bonchev–Trinajstić information content (AvgIpc) is 3.01. The van der Waals surface area contributed by atoms with Gasteiger partial charge in [-0.1, -0.05) is 110 Å².